The molecule has 156 valence electrons. The predicted octanol–water partition coefficient (Wildman–Crippen LogP) is 2.66. The number of aromatic nitrogens is 1. The lowest BCUT2D eigenvalue weighted by Crippen LogP contribution is -2.36. The van der Waals surface area contributed by atoms with Gasteiger partial charge in [-0.2, -0.15) is 4.91 Å². The van der Waals surface area contributed by atoms with Crippen molar-refractivity contribution < 1.29 is 23.1 Å². The van der Waals surface area contributed by atoms with Crippen molar-refractivity contribution in [1.82, 2.24) is 9.88 Å². The van der Waals surface area contributed by atoms with Gasteiger partial charge in [0.15, 0.2) is 18.2 Å². The second kappa shape index (κ2) is 7.75. The number of aliphatic hydroxyl groups excluding tert-OH is 1. The Morgan fingerprint density at radius 2 is 1.93 bits per heavy atom. The number of benzene rings is 1. The molecule has 0 spiro atoms. The van der Waals surface area contributed by atoms with Crippen LogP contribution in [-0.4, -0.2) is 46.9 Å². The minimum atomic E-state index is -1.17. The minimum absolute atomic E-state index is 0.0753. The van der Waals surface area contributed by atoms with Crippen molar-refractivity contribution in [3.8, 4) is 11.3 Å². The first-order chi connectivity index (χ1) is 14.4. The third-order valence-electron chi connectivity index (χ3n) is 4.95. The number of aliphatic hydroxyl groups is 1. The summed E-state index contributed by atoms with van der Waals surface area (Å²) in [5, 5.41) is 17.1. The first-order valence-electron chi connectivity index (χ1n) is 9.04. The van der Waals surface area contributed by atoms with Crippen LogP contribution in [0.25, 0.3) is 16.8 Å². The fraction of sp³-hybridized carbons (Fsp3) is 0.263. The Labute approximate surface area is 168 Å². The molecule has 3 N–H and O–H groups in total. The van der Waals surface area contributed by atoms with Crippen molar-refractivity contribution in [3.63, 3.8) is 0 Å². The molecule has 1 aromatic carbocycles. The quantitative estimate of drug-likeness (QED) is 0.658. The number of halogens is 3. The molecule has 3 heterocycles. The molecule has 8 nitrogen and oxygen atoms in total. The Balaban J connectivity index is 1.64. The van der Waals surface area contributed by atoms with Crippen LogP contribution in [0.4, 0.5) is 24.7 Å². The number of pyridine rings is 1. The summed E-state index contributed by atoms with van der Waals surface area (Å²) >= 11 is 0. The fourth-order valence-corrected chi connectivity index (χ4v) is 3.49. The van der Waals surface area contributed by atoms with E-state index in [0.717, 1.165) is 18.2 Å². The summed E-state index contributed by atoms with van der Waals surface area (Å²) in [4.78, 5) is 27.2. The molecular formula is C19H16F3N5O3. The molecule has 0 saturated carbocycles. The largest absolute Gasteiger partial charge is 0.357 e. The highest BCUT2D eigenvalue weighted by Crippen LogP contribution is 2.36. The van der Waals surface area contributed by atoms with Crippen molar-refractivity contribution in [3.05, 3.63) is 52.2 Å². The van der Waals surface area contributed by atoms with Crippen molar-refractivity contribution in [1.29, 1.82) is 0 Å². The topological polar surface area (TPSA) is 107 Å². The number of amides is 1. The van der Waals surface area contributed by atoms with Crippen LogP contribution in [-0.2, 0) is 4.79 Å². The molecule has 4 rings (SSSR count). The van der Waals surface area contributed by atoms with Gasteiger partial charge in [-0.3, -0.25) is 4.79 Å². The monoisotopic (exact) mass is 419 g/mol. The molecule has 11 heteroatoms. The van der Waals surface area contributed by atoms with Crippen LogP contribution >= 0.6 is 0 Å². The number of rotatable bonds is 4. The van der Waals surface area contributed by atoms with E-state index in [1.165, 1.54) is 4.90 Å². The summed E-state index contributed by atoms with van der Waals surface area (Å²) in [7, 11) is 0. The molecule has 1 amide bonds. The highest BCUT2D eigenvalue weighted by Gasteiger charge is 2.26. The number of nitrogens with zero attached hydrogens (tertiary/aromatic N) is 3. The van der Waals surface area contributed by atoms with Crippen LogP contribution in [0.2, 0.25) is 0 Å². The van der Waals surface area contributed by atoms with Crippen LogP contribution in [0.5, 0.6) is 0 Å². The molecule has 2 aliphatic rings. The van der Waals surface area contributed by atoms with Gasteiger partial charge in [0.1, 0.15) is 17.3 Å². The number of nitroso groups, excluding NO2 is 1. The summed E-state index contributed by atoms with van der Waals surface area (Å²) in [5.74, 6) is -3.27. The van der Waals surface area contributed by atoms with Crippen LogP contribution < -0.4 is 10.6 Å². The van der Waals surface area contributed by atoms with E-state index in [1.54, 1.807) is 6.08 Å². The Hall–Kier alpha value is -3.47. The lowest BCUT2D eigenvalue weighted by molar-refractivity contribution is -0.129. The standard InChI is InChI=1S/C19H16F3N5O3/c20-11-5-10(9-1-3-27(4-2-9)15(28)8-23-30)6-12(21)16(11)17-13(22)7-14-18(25-17)26-19(29)24-14/h1,5-7,19,24,29H,2-4,8H2,(H,25,26). The van der Waals surface area contributed by atoms with E-state index in [9.17, 15) is 28.0 Å². The fourth-order valence-electron chi connectivity index (χ4n) is 3.49. The van der Waals surface area contributed by atoms with Crippen molar-refractivity contribution in [2.75, 3.05) is 30.3 Å². The molecule has 0 fully saturated rings. The van der Waals surface area contributed by atoms with E-state index in [-0.39, 0.29) is 30.2 Å². The highest BCUT2D eigenvalue weighted by molar-refractivity contribution is 5.80. The molecule has 1 aromatic heterocycles. The van der Waals surface area contributed by atoms with Crippen LogP contribution in [0.1, 0.15) is 12.0 Å². The van der Waals surface area contributed by atoms with Gasteiger partial charge in [0.2, 0.25) is 12.3 Å². The van der Waals surface area contributed by atoms with Crippen LogP contribution in [0.3, 0.4) is 0 Å². The van der Waals surface area contributed by atoms with Gasteiger partial charge in [0.05, 0.1) is 11.3 Å². The number of hydrogen-bond donors (Lipinski definition) is 3. The summed E-state index contributed by atoms with van der Waals surface area (Å²) in [6, 6.07) is 3.17. The van der Waals surface area contributed by atoms with E-state index in [4.69, 9.17) is 0 Å². The number of anilines is 2. The smallest absolute Gasteiger partial charge is 0.248 e. The average molecular weight is 419 g/mol. The van der Waals surface area contributed by atoms with Gasteiger partial charge >= 0.3 is 0 Å². The van der Waals surface area contributed by atoms with E-state index in [2.05, 4.69) is 20.8 Å². The second-order valence-electron chi connectivity index (χ2n) is 6.83. The molecule has 0 aliphatic carbocycles. The van der Waals surface area contributed by atoms with Gasteiger partial charge in [0, 0.05) is 19.2 Å². The third kappa shape index (κ3) is 3.59. The number of carbonyl (C=O) groups is 1. The van der Waals surface area contributed by atoms with E-state index >= 15 is 0 Å². The minimum Gasteiger partial charge on any atom is -0.357 e. The van der Waals surface area contributed by atoms with Crippen LogP contribution in [0.15, 0.2) is 29.5 Å². The zero-order valence-corrected chi connectivity index (χ0v) is 15.5. The summed E-state index contributed by atoms with van der Waals surface area (Å²) in [6.45, 7) is 0.0196. The Bertz CT molecular complexity index is 1050. The van der Waals surface area contributed by atoms with Gasteiger partial charge in [0.25, 0.3) is 0 Å². The Morgan fingerprint density at radius 3 is 2.57 bits per heavy atom. The first-order valence-corrected chi connectivity index (χ1v) is 9.04. The summed E-state index contributed by atoms with van der Waals surface area (Å²) in [6.07, 6.45) is 0.804. The number of fused-ring (bicyclic) bond motifs is 1. The molecule has 2 aromatic rings. The van der Waals surface area contributed by atoms with Crippen LogP contribution in [0, 0.1) is 22.4 Å². The summed E-state index contributed by atoms with van der Waals surface area (Å²) < 4.78 is 44.0. The van der Waals surface area contributed by atoms with E-state index in [1.807, 2.05) is 0 Å². The second-order valence-corrected chi connectivity index (χ2v) is 6.83. The van der Waals surface area contributed by atoms with Gasteiger partial charge in [-0.1, -0.05) is 11.3 Å². The maximum Gasteiger partial charge on any atom is 0.248 e. The molecule has 0 radical (unpaired) electrons. The van der Waals surface area contributed by atoms with Gasteiger partial charge < -0.3 is 20.6 Å². The van der Waals surface area contributed by atoms with Crippen molar-refractivity contribution >= 4 is 23.0 Å². The number of nitrogens with one attached hydrogen (secondary N) is 2. The Kier molecular flexibility index (Phi) is 5.12. The maximum absolute atomic E-state index is 14.8. The molecule has 30 heavy (non-hydrogen) atoms. The zero-order chi connectivity index (χ0) is 21.4. The molecule has 0 saturated heterocycles. The summed E-state index contributed by atoms with van der Waals surface area (Å²) in [5.41, 5.74) is -0.0654. The molecule has 1 unspecified atom stereocenters. The number of hydrogen-bond acceptors (Lipinski definition) is 7. The van der Waals surface area contributed by atoms with Gasteiger partial charge in [-0.25, -0.2) is 18.2 Å². The molecule has 1 atom stereocenters. The predicted molar refractivity (Wildman–Crippen MR) is 103 cm³/mol. The van der Waals surface area contributed by atoms with E-state index < -0.39 is 47.5 Å². The maximum atomic E-state index is 14.8. The van der Waals surface area contributed by atoms with Gasteiger partial charge in [-0.15, -0.1) is 0 Å². The molecule has 0 bridgehead atoms. The SMILES string of the molecule is O=NCC(=O)N1CC=C(c2cc(F)c(-c3nc4c(cc3F)NC(O)N4)c(F)c2)CC1. The average Bonchev–Trinajstić information content (AvgIpc) is 3.06. The van der Waals surface area contributed by atoms with Crippen molar-refractivity contribution in [2.24, 2.45) is 5.18 Å². The lowest BCUT2D eigenvalue weighted by atomic mass is 9.96. The first kappa shape index (κ1) is 19.8. The van der Waals surface area contributed by atoms with E-state index in [0.29, 0.717) is 12.0 Å². The number of carbonyl (C=O) groups excluding carboxylic acids is 1. The molecule has 2 aliphatic heterocycles. The third-order valence-corrected chi connectivity index (χ3v) is 4.95. The lowest BCUT2D eigenvalue weighted by Gasteiger charge is -2.26. The van der Waals surface area contributed by atoms with Crippen molar-refractivity contribution in [2.45, 2.75) is 12.8 Å². The normalized spacial score (nSPS) is 17.7. The zero-order valence-electron chi connectivity index (χ0n) is 15.5. The Morgan fingerprint density at radius 1 is 1.20 bits per heavy atom. The highest BCUT2D eigenvalue weighted by atomic mass is 19.1. The molecular weight excluding hydrogens is 403 g/mol. The van der Waals surface area contributed by atoms with Gasteiger partial charge in [-0.05, 0) is 29.7 Å².